The van der Waals surface area contributed by atoms with Crippen LogP contribution in [0.2, 0.25) is 0 Å². The summed E-state index contributed by atoms with van der Waals surface area (Å²) in [5, 5.41) is 9.41. The fourth-order valence-electron chi connectivity index (χ4n) is 6.84. The van der Waals surface area contributed by atoms with Crippen molar-refractivity contribution in [2.24, 2.45) is 11.7 Å². The first-order chi connectivity index (χ1) is 16.5. The van der Waals surface area contributed by atoms with Crippen LogP contribution in [0, 0.1) is 23.1 Å². The lowest BCUT2D eigenvalue weighted by Crippen LogP contribution is -2.55. The van der Waals surface area contributed by atoms with Gasteiger partial charge in [-0.1, -0.05) is 38.0 Å². The van der Waals surface area contributed by atoms with Gasteiger partial charge in [-0.3, -0.25) is 9.69 Å². The number of fused-ring (bicyclic) bond motifs is 2. The maximum Gasteiger partial charge on any atom is 0.240 e. The van der Waals surface area contributed by atoms with E-state index in [1.54, 1.807) is 0 Å². The summed E-state index contributed by atoms with van der Waals surface area (Å²) < 4.78 is 13.7. The van der Waals surface area contributed by atoms with Gasteiger partial charge in [-0.25, -0.2) is 4.39 Å². The molecule has 34 heavy (non-hydrogen) atoms. The molecule has 3 aliphatic heterocycles. The van der Waals surface area contributed by atoms with Crippen LogP contribution in [0.4, 0.5) is 4.39 Å². The number of nitriles is 1. The molecule has 0 aromatic heterocycles. The van der Waals surface area contributed by atoms with Gasteiger partial charge in [0.1, 0.15) is 11.9 Å². The zero-order chi connectivity index (χ0) is 23.8. The Balaban J connectivity index is 1.30. The number of amides is 1. The summed E-state index contributed by atoms with van der Waals surface area (Å²) in [6, 6.07) is 8.74. The van der Waals surface area contributed by atoms with Crippen molar-refractivity contribution in [1.29, 1.82) is 5.26 Å². The third kappa shape index (κ3) is 4.23. The summed E-state index contributed by atoms with van der Waals surface area (Å²) in [4.78, 5) is 20.1. The van der Waals surface area contributed by atoms with Crippen LogP contribution in [-0.2, 0) is 4.79 Å². The van der Waals surface area contributed by atoms with Crippen molar-refractivity contribution in [3.05, 3.63) is 47.9 Å². The number of carbonyl (C=O) groups excluding carboxylic acids is 1. The summed E-state index contributed by atoms with van der Waals surface area (Å²) in [5.74, 6) is 0.374. The molecule has 3 heterocycles. The predicted octanol–water partition coefficient (Wildman–Crippen LogP) is 3.56. The Morgan fingerprint density at radius 3 is 2.59 bits per heavy atom. The topological polar surface area (TPSA) is 76.6 Å². The Morgan fingerprint density at radius 2 is 1.91 bits per heavy atom. The largest absolute Gasteiger partial charge is 0.358 e. The average Bonchev–Trinajstić information content (AvgIpc) is 3.56. The molecule has 2 bridgehead atoms. The van der Waals surface area contributed by atoms with E-state index in [4.69, 9.17) is 5.73 Å². The van der Waals surface area contributed by atoms with Crippen LogP contribution in [0.15, 0.2) is 36.5 Å². The van der Waals surface area contributed by atoms with Gasteiger partial charge < -0.3 is 15.5 Å². The van der Waals surface area contributed by atoms with Crippen LogP contribution >= 0.6 is 0 Å². The molecule has 2 N–H and O–H groups in total. The maximum absolute atomic E-state index is 13.7. The van der Waals surface area contributed by atoms with E-state index in [-0.39, 0.29) is 41.9 Å². The number of nitrogens with zero attached hydrogens (tertiary/aromatic N) is 4. The Bertz CT molecular complexity index is 953. The number of hydrogen-bond donors (Lipinski definition) is 1. The van der Waals surface area contributed by atoms with E-state index in [0.717, 1.165) is 56.5 Å². The van der Waals surface area contributed by atoms with Crippen molar-refractivity contribution >= 4 is 5.91 Å². The molecule has 4 aliphatic rings. The molecular weight excluding hydrogens is 429 g/mol. The summed E-state index contributed by atoms with van der Waals surface area (Å²) in [6.45, 7) is 6.42. The number of carbonyl (C=O) groups is 1. The summed E-state index contributed by atoms with van der Waals surface area (Å²) in [5.41, 5.74) is 8.40. The minimum atomic E-state index is -0.291. The molecule has 4 unspecified atom stereocenters. The van der Waals surface area contributed by atoms with E-state index >= 15 is 0 Å². The SMILES string of the molecule is C=C(C(N)CN1C[C@@H]2CC1C(=O)N2C(c1ccc(F)cc1)C1CCCCC1)N1CCCC1C#N. The molecule has 1 amide bonds. The van der Waals surface area contributed by atoms with Crippen LogP contribution in [-0.4, -0.2) is 64.4 Å². The second-order valence-electron chi connectivity index (χ2n) is 10.6. The molecule has 7 heteroatoms. The van der Waals surface area contributed by atoms with Gasteiger partial charge in [0.15, 0.2) is 0 Å². The second-order valence-corrected chi connectivity index (χ2v) is 10.6. The van der Waals surface area contributed by atoms with Crippen molar-refractivity contribution in [1.82, 2.24) is 14.7 Å². The Morgan fingerprint density at radius 1 is 1.18 bits per heavy atom. The van der Waals surface area contributed by atoms with Crippen LogP contribution < -0.4 is 5.73 Å². The van der Waals surface area contributed by atoms with Crippen molar-refractivity contribution < 1.29 is 9.18 Å². The van der Waals surface area contributed by atoms with Gasteiger partial charge in [0, 0.05) is 31.4 Å². The highest BCUT2D eigenvalue weighted by Gasteiger charge is 2.53. The molecule has 1 saturated carbocycles. The predicted molar refractivity (Wildman–Crippen MR) is 129 cm³/mol. The van der Waals surface area contributed by atoms with Gasteiger partial charge in [-0.15, -0.1) is 0 Å². The summed E-state index contributed by atoms with van der Waals surface area (Å²) in [7, 11) is 0. The van der Waals surface area contributed by atoms with Crippen molar-refractivity contribution in [2.75, 3.05) is 19.6 Å². The van der Waals surface area contributed by atoms with E-state index in [1.807, 2.05) is 17.0 Å². The van der Waals surface area contributed by atoms with Gasteiger partial charge in [0.2, 0.25) is 5.91 Å². The molecule has 3 saturated heterocycles. The van der Waals surface area contributed by atoms with E-state index in [2.05, 4.69) is 22.4 Å². The lowest BCUT2D eigenvalue weighted by molar-refractivity contribution is -0.141. The first-order valence-electron chi connectivity index (χ1n) is 12.9. The molecule has 0 radical (unpaired) electrons. The Labute approximate surface area is 202 Å². The third-order valence-corrected chi connectivity index (χ3v) is 8.55. The normalized spacial score (nSPS) is 29.4. The molecule has 0 spiro atoms. The molecule has 4 fully saturated rings. The molecule has 5 rings (SSSR count). The number of likely N-dealkylation sites (tertiary alicyclic amines) is 3. The van der Waals surface area contributed by atoms with Crippen LogP contribution in [0.1, 0.15) is 63.0 Å². The molecule has 1 aliphatic carbocycles. The number of benzene rings is 1. The first kappa shape index (κ1) is 23.3. The Kier molecular flexibility index (Phi) is 6.63. The number of nitrogens with two attached hydrogens (primary N) is 1. The van der Waals surface area contributed by atoms with Gasteiger partial charge in [0.05, 0.1) is 24.2 Å². The quantitative estimate of drug-likeness (QED) is 0.666. The van der Waals surface area contributed by atoms with Gasteiger partial charge in [0.25, 0.3) is 0 Å². The molecule has 6 nitrogen and oxygen atoms in total. The second kappa shape index (κ2) is 9.67. The number of piperazine rings is 1. The van der Waals surface area contributed by atoms with Crippen LogP contribution in [0.3, 0.4) is 0 Å². The smallest absolute Gasteiger partial charge is 0.240 e. The van der Waals surface area contributed by atoms with E-state index in [9.17, 15) is 14.4 Å². The lowest BCUT2D eigenvalue weighted by atomic mass is 9.80. The highest BCUT2D eigenvalue weighted by Crippen LogP contribution is 2.45. The van der Waals surface area contributed by atoms with E-state index in [0.29, 0.717) is 12.5 Å². The molecular formula is C27H36FN5O. The standard InChI is InChI=1S/C27H36FN5O/c1-18(32-13-5-8-22(32)15-29)24(30)17-31-16-23-14-25(31)27(34)33(23)26(19-6-3-2-4-7-19)20-9-11-21(28)12-10-20/h9-12,19,22-26H,1-8,13-14,16-17,30H2/t22?,23-,24?,25?,26?/m0/s1. The highest BCUT2D eigenvalue weighted by atomic mass is 19.1. The van der Waals surface area contributed by atoms with Crippen molar-refractivity contribution in [3.63, 3.8) is 0 Å². The molecule has 1 aromatic rings. The number of halogens is 1. The van der Waals surface area contributed by atoms with Crippen molar-refractivity contribution in [3.8, 4) is 6.07 Å². The van der Waals surface area contributed by atoms with Crippen LogP contribution in [0.25, 0.3) is 0 Å². The van der Waals surface area contributed by atoms with Crippen molar-refractivity contribution in [2.45, 2.75) is 81.6 Å². The average molecular weight is 466 g/mol. The van der Waals surface area contributed by atoms with Gasteiger partial charge in [-0.2, -0.15) is 5.26 Å². The fraction of sp³-hybridized carbons (Fsp3) is 0.630. The van der Waals surface area contributed by atoms with E-state index in [1.165, 1.54) is 31.4 Å². The highest BCUT2D eigenvalue weighted by molar-refractivity contribution is 5.86. The minimum Gasteiger partial charge on any atom is -0.358 e. The zero-order valence-corrected chi connectivity index (χ0v) is 19.9. The molecule has 1 aromatic carbocycles. The van der Waals surface area contributed by atoms with Gasteiger partial charge in [-0.05, 0) is 55.7 Å². The minimum absolute atomic E-state index is 0.0233. The number of rotatable bonds is 7. The fourth-order valence-corrected chi connectivity index (χ4v) is 6.84. The van der Waals surface area contributed by atoms with E-state index < -0.39 is 0 Å². The Hall–Kier alpha value is -2.43. The third-order valence-electron chi connectivity index (χ3n) is 8.55. The summed E-state index contributed by atoms with van der Waals surface area (Å²) in [6.07, 6.45) is 8.55. The summed E-state index contributed by atoms with van der Waals surface area (Å²) >= 11 is 0. The lowest BCUT2D eigenvalue weighted by Gasteiger charge is -2.44. The van der Waals surface area contributed by atoms with Gasteiger partial charge >= 0.3 is 0 Å². The zero-order valence-electron chi connectivity index (χ0n) is 19.9. The number of hydrogen-bond acceptors (Lipinski definition) is 5. The molecule has 182 valence electrons. The first-order valence-corrected chi connectivity index (χ1v) is 12.9. The van der Waals surface area contributed by atoms with Crippen LogP contribution in [0.5, 0.6) is 0 Å². The molecule has 5 atom stereocenters. The monoisotopic (exact) mass is 465 g/mol. The maximum atomic E-state index is 13.7.